The zero-order chi connectivity index (χ0) is 12.3. The number of hydrogen-bond donors (Lipinski definition) is 2. The molecule has 96 valence electrons. The normalized spacial score (nSPS) is 34.7. The molecule has 0 aromatic carbocycles. The van der Waals surface area contributed by atoms with Crippen molar-refractivity contribution in [3.05, 3.63) is 11.9 Å². The Hall–Kier alpha value is -0.910. The third-order valence-corrected chi connectivity index (χ3v) is 3.43. The first-order valence-corrected chi connectivity index (χ1v) is 6.17. The van der Waals surface area contributed by atoms with Gasteiger partial charge in [-0.25, -0.2) is 0 Å². The van der Waals surface area contributed by atoms with E-state index in [2.05, 4.69) is 22.1 Å². The molecule has 0 saturated carbocycles. The van der Waals surface area contributed by atoms with Crippen LogP contribution in [0.4, 0.5) is 0 Å². The standard InChI is InChI=1S/C12H22N4O/c1-9-5-14-6-11(13)12(9)16-4-3-15-10(7-16)8-17-2/h5-6,9-10,12,15H,3-4,7-8,13H2,1-2H3. The lowest BCUT2D eigenvalue weighted by Gasteiger charge is -2.41. The fourth-order valence-electron chi connectivity index (χ4n) is 2.69. The molecule has 0 aromatic heterocycles. The van der Waals surface area contributed by atoms with Crippen LogP contribution >= 0.6 is 0 Å². The average Bonchev–Trinajstić information content (AvgIpc) is 2.30. The minimum absolute atomic E-state index is 0.286. The highest BCUT2D eigenvalue weighted by molar-refractivity contribution is 5.64. The first-order chi connectivity index (χ1) is 8.22. The first-order valence-electron chi connectivity index (χ1n) is 6.17. The van der Waals surface area contributed by atoms with E-state index < -0.39 is 0 Å². The highest BCUT2D eigenvalue weighted by atomic mass is 16.5. The number of hydrogen-bond acceptors (Lipinski definition) is 5. The molecule has 0 aromatic rings. The van der Waals surface area contributed by atoms with E-state index in [0.29, 0.717) is 12.0 Å². The Morgan fingerprint density at radius 1 is 1.65 bits per heavy atom. The fraction of sp³-hybridized carbons (Fsp3) is 0.750. The van der Waals surface area contributed by atoms with Crippen molar-refractivity contribution in [3.63, 3.8) is 0 Å². The molecule has 3 atom stereocenters. The van der Waals surface area contributed by atoms with E-state index in [1.165, 1.54) is 0 Å². The third-order valence-electron chi connectivity index (χ3n) is 3.43. The molecule has 0 aliphatic carbocycles. The number of rotatable bonds is 3. The maximum Gasteiger partial charge on any atom is 0.0628 e. The number of methoxy groups -OCH3 is 1. The van der Waals surface area contributed by atoms with Crippen molar-refractivity contribution in [3.8, 4) is 0 Å². The van der Waals surface area contributed by atoms with Crippen molar-refractivity contribution >= 4 is 6.21 Å². The van der Waals surface area contributed by atoms with Gasteiger partial charge in [0, 0.05) is 56.8 Å². The number of nitrogens with one attached hydrogen (secondary N) is 1. The Morgan fingerprint density at radius 2 is 2.47 bits per heavy atom. The van der Waals surface area contributed by atoms with Crippen LogP contribution in [0.15, 0.2) is 16.9 Å². The van der Waals surface area contributed by atoms with Crippen LogP contribution in [0.2, 0.25) is 0 Å². The Morgan fingerprint density at radius 3 is 3.18 bits per heavy atom. The lowest BCUT2D eigenvalue weighted by Crippen LogP contribution is -2.58. The molecule has 1 fully saturated rings. The number of aliphatic imine (C=N–C) groups is 1. The van der Waals surface area contributed by atoms with Crippen LogP contribution in [0, 0.1) is 5.92 Å². The topological polar surface area (TPSA) is 62.9 Å². The molecule has 17 heavy (non-hydrogen) atoms. The average molecular weight is 238 g/mol. The van der Waals surface area contributed by atoms with Crippen LogP contribution < -0.4 is 11.1 Å². The minimum atomic E-state index is 0.286. The van der Waals surface area contributed by atoms with Crippen molar-refractivity contribution in [2.24, 2.45) is 16.6 Å². The monoisotopic (exact) mass is 238 g/mol. The van der Waals surface area contributed by atoms with Gasteiger partial charge in [0.25, 0.3) is 0 Å². The molecule has 5 heteroatoms. The SMILES string of the molecule is COCC1CN(C2C(N)=CN=CC2C)CCN1. The predicted octanol–water partition coefficient (Wildman–Crippen LogP) is -0.204. The van der Waals surface area contributed by atoms with E-state index in [9.17, 15) is 0 Å². The third kappa shape index (κ3) is 2.86. The van der Waals surface area contributed by atoms with Gasteiger partial charge in [-0.3, -0.25) is 9.89 Å². The summed E-state index contributed by atoms with van der Waals surface area (Å²) in [6, 6.07) is 0.682. The van der Waals surface area contributed by atoms with Crippen molar-refractivity contribution in [2.45, 2.75) is 19.0 Å². The van der Waals surface area contributed by atoms with E-state index in [4.69, 9.17) is 10.5 Å². The van der Waals surface area contributed by atoms with Gasteiger partial charge in [-0.05, 0) is 0 Å². The summed E-state index contributed by atoms with van der Waals surface area (Å²) in [6.45, 7) is 5.90. The van der Waals surface area contributed by atoms with Gasteiger partial charge in [0.05, 0.1) is 12.6 Å². The van der Waals surface area contributed by atoms with Gasteiger partial charge in [-0.1, -0.05) is 6.92 Å². The summed E-state index contributed by atoms with van der Waals surface area (Å²) >= 11 is 0. The molecule has 0 bridgehead atoms. The van der Waals surface area contributed by atoms with Crippen molar-refractivity contribution in [1.82, 2.24) is 10.2 Å². The second-order valence-electron chi connectivity index (χ2n) is 4.83. The predicted molar refractivity (Wildman–Crippen MR) is 69.0 cm³/mol. The Balaban J connectivity index is 2.01. The molecule has 2 aliphatic heterocycles. The van der Waals surface area contributed by atoms with Crippen molar-refractivity contribution < 1.29 is 4.74 Å². The van der Waals surface area contributed by atoms with Gasteiger partial charge >= 0.3 is 0 Å². The molecular weight excluding hydrogens is 216 g/mol. The van der Waals surface area contributed by atoms with Crippen LogP contribution in [0.5, 0.6) is 0 Å². The molecule has 0 spiro atoms. The number of nitrogens with zero attached hydrogens (tertiary/aromatic N) is 2. The zero-order valence-corrected chi connectivity index (χ0v) is 10.6. The summed E-state index contributed by atoms with van der Waals surface area (Å²) in [7, 11) is 1.74. The molecule has 0 radical (unpaired) electrons. The number of piperazine rings is 1. The highest BCUT2D eigenvalue weighted by Crippen LogP contribution is 2.20. The Bertz CT molecular complexity index is 314. The molecule has 2 heterocycles. The molecule has 2 aliphatic rings. The van der Waals surface area contributed by atoms with Gasteiger partial charge in [-0.15, -0.1) is 0 Å². The van der Waals surface area contributed by atoms with E-state index in [-0.39, 0.29) is 6.04 Å². The summed E-state index contributed by atoms with van der Waals surface area (Å²) < 4.78 is 5.21. The van der Waals surface area contributed by atoms with Crippen molar-refractivity contribution in [2.75, 3.05) is 33.4 Å². The fourth-order valence-corrected chi connectivity index (χ4v) is 2.69. The maximum absolute atomic E-state index is 6.07. The zero-order valence-electron chi connectivity index (χ0n) is 10.6. The quantitative estimate of drug-likeness (QED) is 0.714. The number of ether oxygens (including phenoxy) is 1. The summed E-state index contributed by atoms with van der Waals surface area (Å²) in [5.74, 6) is 0.376. The van der Waals surface area contributed by atoms with Gasteiger partial charge in [0.2, 0.25) is 0 Å². The largest absolute Gasteiger partial charge is 0.399 e. The van der Waals surface area contributed by atoms with Crippen LogP contribution in [0.3, 0.4) is 0 Å². The summed E-state index contributed by atoms with van der Waals surface area (Å²) in [5.41, 5.74) is 6.95. The molecule has 5 nitrogen and oxygen atoms in total. The molecule has 3 unspecified atom stereocenters. The van der Waals surface area contributed by atoms with Gasteiger partial charge in [0.15, 0.2) is 0 Å². The molecule has 0 amide bonds. The Labute approximate surface area is 103 Å². The minimum Gasteiger partial charge on any atom is -0.399 e. The lowest BCUT2D eigenvalue weighted by molar-refractivity contribution is 0.0929. The molecule has 3 N–H and O–H groups in total. The van der Waals surface area contributed by atoms with Gasteiger partial charge in [0.1, 0.15) is 0 Å². The highest BCUT2D eigenvalue weighted by Gasteiger charge is 2.31. The van der Waals surface area contributed by atoms with E-state index in [0.717, 1.165) is 31.9 Å². The summed E-state index contributed by atoms with van der Waals surface area (Å²) in [6.07, 6.45) is 3.76. The van der Waals surface area contributed by atoms with E-state index in [1.807, 2.05) is 6.21 Å². The van der Waals surface area contributed by atoms with E-state index in [1.54, 1.807) is 13.3 Å². The van der Waals surface area contributed by atoms with Crippen LogP contribution in [-0.4, -0.2) is 56.5 Å². The smallest absolute Gasteiger partial charge is 0.0628 e. The van der Waals surface area contributed by atoms with Crippen LogP contribution in [0.1, 0.15) is 6.92 Å². The summed E-state index contributed by atoms with van der Waals surface area (Å²) in [5, 5.41) is 3.46. The second kappa shape index (κ2) is 5.62. The van der Waals surface area contributed by atoms with Gasteiger partial charge < -0.3 is 15.8 Å². The number of nitrogens with two attached hydrogens (primary N) is 1. The van der Waals surface area contributed by atoms with Crippen molar-refractivity contribution in [1.29, 1.82) is 0 Å². The maximum atomic E-state index is 6.07. The Kier molecular flexibility index (Phi) is 4.15. The molecule has 1 saturated heterocycles. The molecular formula is C12H22N4O. The lowest BCUT2D eigenvalue weighted by atomic mass is 9.95. The van der Waals surface area contributed by atoms with Crippen LogP contribution in [-0.2, 0) is 4.74 Å². The molecule has 2 rings (SSSR count). The first kappa shape index (κ1) is 12.5. The van der Waals surface area contributed by atoms with Crippen LogP contribution in [0.25, 0.3) is 0 Å². The summed E-state index contributed by atoms with van der Waals surface area (Å²) in [4.78, 5) is 6.59. The van der Waals surface area contributed by atoms with E-state index >= 15 is 0 Å². The van der Waals surface area contributed by atoms with Gasteiger partial charge in [-0.2, -0.15) is 0 Å². The second-order valence-corrected chi connectivity index (χ2v) is 4.83.